The maximum Gasteiger partial charge on any atom is 0.338 e. The van der Waals surface area contributed by atoms with E-state index in [-0.39, 0.29) is 17.3 Å². The lowest BCUT2D eigenvalue weighted by Crippen LogP contribution is -2.45. The Bertz CT molecular complexity index is 1010. The summed E-state index contributed by atoms with van der Waals surface area (Å²) in [7, 11) is 0. The van der Waals surface area contributed by atoms with E-state index in [1.165, 1.54) is 22.7 Å². The molecule has 1 amide bonds. The molecule has 1 spiro atoms. The third-order valence-corrected chi connectivity index (χ3v) is 8.72. The number of ether oxygens (including phenoxy) is 1. The maximum absolute atomic E-state index is 13.2. The SMILES string of the molecule is Cc1c(CCN2CCC3(CC2)CCN(c2sncc2Br)C3=O)ccc2c1COC2=O. The number of hydrogen-bond acceptors (Lipinski definition) is 6. The molecule has 2 saturated heterocycles. The van der Waals surface area contributed by atoms with Crippen molar-refractivity contribution in [1.82, 2.24) is 9.27 Å². The normalized spacial score (nSPS) is 20.8. The van der Waals surface area contributed by atoms with E-state index in [0.29, 0.717) is 12.2 Å². The van der Waals surface area contributed by atoms with Crippen molar-refractivity contribution in [3.05, 3.63) is 45.1 Å². The Morgan fingerprint density at radius 1 is 1.20 bits per heavy atom. The van der Waals surface area contributed by atoms with Crippen LogP contribution >= 0.6 is 27.5 Å². The van der Waals surface area contributed by atoms with Crippen LogP contribution in [-0.2, 0) is 22.6 Å². The predicted octanol–water partition coefficient (Wildman–Crippen LogP) is 3.95. The maximum atomic E-state index is 13.2. The summed E-state index contributed by atoms with van der Waals surface area (Å²) in [6, 6.07) is 3.97. The van der Waals surface area contributed by atoms with E-state index >= 15 is 0 Å². The molecule has 0 radical (unpaired) electrons. The Kier molecular flexibility index (Phi) is 5.19. The average molecular weight is 490 g/mol. The molecule has 0 aliphatic carbocycles. The van der Waals surface area contributed by atoms with E-state index < -0.39 is 0 Å². The molecule has 1 aromatic carbocycles. The zero-order chi connectivity index (χ0) is 20.9. The van der Waals surface area contributed by atoms with Crippen molar-refractivity contribution in [3.63, 3.8) is 0 Å². The van der Waals surface area contributed by atoms with Gasteiger partial charge in [0.2, 0.25) is 5.91 Å². The summed E-state index contributed by atoms with van der Waals surface area (Å²) < 4.78 is 10.3. The number of fused-ring (bicyclic) bond motifs is 1. The topological polar surface area (TPSA) is 62.7 Å². The monoisotopic (exact) mass is 489 g/mol. The molecule has 0 N–H and O–H groups in total. The number of rotatable bonds is 4. The van der Waals surface area contributed by atoms with Crippen molar-refractivity contribution >= 4 is 44.3 Å². The molecular weight excluding hydrogens is 466 g/mol. The van der Waals surface area contributed by atoms with Gasteiger partial charge in [0, 0.05) is 18.7 Å². The number of cyclic esters (lactones) is 1. The van der Waals surface area contributed by atoms with E-state index in [1.54, 1.807) is 6.20 Å². The largest absolute Gasteiger partial charge is 0.457 e. The highest BCUT2D eigenvalue weighted by molar-refractivity contribution is 9.10. The lowest BCUT2D eigenvalue weighted by Gasteiger charge is -2.38. The number of hydrogen-bond donors (Lipinski definition) is 0. The summed E-state index contributed by atoms with van der Waals surface area (Å²) in [5.74, 6) is 0.0628. The molecule has 3 aliphatic rings. The van der Waals surface area contributed by atoms with Crippen molar-refractivity contribution in [1.29, 1.82) is 0 Å². The number of benzene rings is 1. The van der Waals surface area contributed by atoms with E-state index in [2.05, 4.69) is 38.2 Å². The van der Waals surface area contributed by atoms with E-state index in [9.17, 15) is 9.59 Å². The number of piperidine rings is 1. The van der Waals surface area contributed by atoms with Gasteiger partial charge in [-0.15, -0.1) is 0 Å². The first kappa shape index (κ1) is 20.2. The fourth-order valence-electron chi connectivity index (χ4n) is 5.03. The second-order valence-corrected chi connectivity index (χ2v) is 10.1. The number of nitrogens with zero attached hydrogens (tertiary/aromatic N) is 3. The number of carbonyl (C=O) groups is 2. The first-order valence-corrected chi connectivity index (χ1v) is 12.0. The van der Waals surface area contributed by atoms with Crippen LogP contribution in [0, 0.1) is 12.3 Å². The summed E-state index contributed by atoms with van der Waals surface area (Å²) in [5, 5.41) is 0.939. The molecule has 5 rings (SSSR count). The minimum atomic E-state index is -0.207. The minimum absolute atomic E-state index is 0.207. The van der Waals surface area contributed by atoms with Crippen molar-refractivity contribution < 1.29 is 14.3 Å². The lowest BCUT2D eigenvalue weighted by molar-refractivity contribution is -0.128. The summed E-state index contributed by atoms with van der Waals surface area (Å²) in [4.78, 5) is 29.4. The zero-order valence-electron chi connectivity index (χ0n) is 16.9. The van der Waals surface area contributed by atoms with Crippen LogP contribution < -0.4 is 4.90 Å². The summed E-state index contributed by atoms with van der Waals surface area (Å²) in [5.41, 5.74) is 4.02. The first-order valence-electron chi connectivity index (χ1n) is 10.4. The van der Waals surface area contributed by atoms with Crippen LogP contribution in [0.25, 0.3) is 0 Å². The third-order valence-electron chi connectivity index (χ3n) is 7.06. The Morgan fingerprint density at radius 2 is 1.97 bits per heavy atom. The van der Waals surface area contributed by atoms with Crippen molar-refractivity contribution in [3.8, 4) is 0 Å². The van der Waals surface area contributed by atoms with Gasteiger partial charge in [-0.1, -0.05) is 6.07 Å². The van der Waals surface area contributed by atoms with Gasteiger partial charge >= 0.3 is 5.97 Å². The van der Waals surface area contributed by atoms with Crippen molar-refractivity contribution in [2.45, 2.75) is 39.2 Å². The van der Waals surface area contributed by atoms with Crippen LogP contribution in [0.1, 0.15) is 46.3 Å². The highest BCUT2D eigenvalue weighted by Crippen LogP contribution is 2.45. The van der Waals surface area contributed by atoms with Gasteiger partial charge in [-0.05, 0) is 90.4 Å². The van der Waals surface area contributed by atoms with E-state index in [4.69, 9.17) is 4.74 Å². The van der Waals surface area contributed by atoms with Crippen LogP contribution in [0.15, 0.2) is 22.8 Å². The van der Waals surface area contributed by atoms with E-state index in [1.807, 2.05) is 11.0 Å². The summed E-state index contributed by atoms with van der Waals surface area (Å²) in [6.45, 7) is 6.15. The molecule has 8 heteroatoms. The molecule has 1 aromatic heterocycles. The molecule has 6 nitrogen and oxygen atoms in total. The molecule has 2 fully saturated rings. The quantitative estimate of drug-likeness (QED) is 0.608. The van der Waals surface area contributed by atoms with Crippen LogP contribution in [0.3, 0.4) is 0 Å². The second-order valence-electron chi connectivity index (χ2n) is 8.51. The number of carbonyl (C=O) groups excluding carboxylic acids is 2. The molecule has 3 aliphatic heterocycles. The minimum Gasteiger partial charge on any atom is -0.457 e. The second kappa shape index (κ2) is 7.73. The summed E-state index contributed by atoms with van der Waals surface area (Å²) in [6.07, 6.45) is 5.49. The summed E-state index contributed by atoms with van der Waals surface area (Å²) >= 11 is 4.90. The van der Waals surface area contributed by atoms with Gasteiger partial charge in [-0.2, -0.15) is 4.37 Å². The highest BCUT2D eigenvalue weighted by atomic mass is 79.9. The van der Waals surface area contributed by atoms with Crippen LogP contribution in [-0.4, -0.2) is 47.3 Å². The molecule has 158 valence electrons. The van der Waals surface area contributed by atoms with Gasteiger partial charge in [-0.3, -0.25) is 4.79 Å². The average Bonchev–Trinajstić information content (AvgIpc) is 3.42. The Balaban J connectivity index is 1.20. The third kappa shape index (κ3) is 3.29. The standard InChI is InChI=1S/C22H24BrN3O3S/c1-14-15(2-3-16-17(14)13-29-20(16)27)4-8-25-9-5-22(6-10-25)7-11-26(21(22)28)19-18(23)12-24-30-19/h2-3,12H,4-11,13H2,1H3. The van der Waals surface area contributed by atoms with Gasteiger partial charge in [0.05, 0.1) is 21.6 Å². The molecule has 30 heavy (non-hydrogen) atoms. The van der Waals surface area contributed by atoms with E-state index in [0.717, 1.165) is 66.9 Å². The van der Waals surface area contributed by atoms with Crippen LogP contribution in [0.4, 0.5) is 5.00 Å². The van der Waals surface area contributed by atoms with Crippen molar-refractivity contribution in [2.24, 2.45) is 5.41 Å². The molecule has 0 bridgehead atoms. The van der Waals surface area contributed by atoms with Crippen LogP contribution in [0.2, 0.25) is 0 Å². The number of esters is 1. The number of likely N-dealkylation sites (tertiary alicyclic amines) is 1. The number of amides is 1. The van der Waals surface area contributed by atoms with Crippen LogP contribution in [0.5, 0.6) is 0 Å². The zero-order valence-corrected chi connectivity index (χ0v) is 19.4. The van der Waals surface area contributed by atoms with Crippen molar-refractivity contribution in [2.75, 3.05) is 31.1 Å². The fourth-order valence-corrected chi connectivity index (χ4v) is 6.37. The van der Waals surface area contributed by atoms with Gasteiger partial charge in [-0.25, -0.2) is 4.79 Å². The molecule has 0 unspecified atom stereocenters. The molecule has 4 heterocycles. The number of halogens is 1. The number of anilines is 1. The fraction of sp³-hybridized carbons (Fsp3) is 0.500. The predicted molar refractivity (Wildman–Crippen MR) is 119 cm³/mol. The number of aromatic nitrogens is 1. The smallest absolute Gasteiger partial charge is 0.338 e. The Morgan fingerprint density at radius 3 is 2.70 bits per heavy atom. The molecule has 2 aromatic rings. The van der Waals surface area contributed by atoms with Gasteiger partial charge < -0.3 is 14.5 Å². The van der Waals surface area contributed by atoms with Gasteiger partial charge in [0.25, 0.3) is 0 Å². The highest BCUT2D eigenvalue weighted by Gasteiger charge is 2.49. The molecule has 0 saturated carbocycles. The van der Waals surface area contributed by atoms with Gasteiger partial charge in [0.1, 0.15) is 11.6 Å². The van der Waals surface area contributed by atoms with Gasteiger partial charge in [0.15, 0.2) is 0 Å². The Labute approximate surface area is 188 Å². The first-order chi connectivity index (χ1) is 14.5. The molecule has 0 atom stereocenters. The Hall–Kier alpha value is -1.77. The lowest BCUT2D eigenvalue weighted by atomic mass is 9.77. The molecular formula is C22H24BrN3O3S.